The Bertz CT molecular complexity index is 400. The van der Waals surface area contributed by atoms with Crippen LogP contribution in [0, 0.1) is 11.3 Å². The van der Waals surface area contributed by atoms with Crippen LogP contribution in [0.2, 0.25) is 0 Å². The summed E-state index contributed by atoms with van der Waals surface area (Å²) in [5.74, 6) is 0.608. The molecule has 1 fully saturated rings. The van der Waals surface area contributed by atoms with Crippen molar-refractivity contribution in [3.8, 4) is 0 Å². The largest absolute Gasteiger partial charge is 0.377 e. The minimum atomic E-state index is 0.216. The number of aromatic nitrogens is 2. The molecule has 0 radical (unpaired) electrons. The second kappa shape index (κ2) is 6.27. The molecule has 3 atom stereocenters. The molecule has 2 rings (SSSR count). The van der Waals surface area contributed by atoms with E-state index in [0.717, 1.165) is 19.6 Å². The molecule has 1 aliphatic rings. The summed E-state index contributed by atoms with van der Waals surface area (Å²) in [6.07, 6.45) is 5.34. The van der Waals surface area contributed by atoms with E-state index < -0.39 is 0 Å². The molecular formula is C16H29N3O. The summed E-state index contributed by atoms with van der Waals surface area (Å²) in [5, 5.41) is 7.98. The van der Waals surface area contributed by atoms with E-state index in [4.69, 9.17) is 4.74 Å². The van der Waals surface area contributed by atoms with Crippen molar-refractivity contribution in [3.05, 3.63) is 18.5 Å². The lowest BCUT2D eigenvalue weighted by Crippen LogP contribution is -2.63. The van der Waals surface area contributed by atoms with Gasteiger partial charge >= 0.3 is 0 Å². The number of rotatable bonds is 7. The summed E-state index contributed by atoms with van der Waals surface area (Å²) < 4.78 is 8.00. The topological polar surface area (TPSA) is 39.1 Å². The van der Waals surface area contributed by atoms with Gasteiger partial charge in [0, 0.05) is 36.5 Å². The maximum atomic E-state index is 6.01. The van der Waals surface area contributed by atoms with E-state index in [9.17, 15) is 0 Å². The first-order valence-electron chi connectivity index (χ1n) is 7.74. The molecule has 1 aliphatic carbocycles. The van der Waals surface area contributed by atoms with Gasteiger partial charge in [-0.1, -0.05) is 27.7 Å². The van der Waals surface area contributed by atoms with Crippen molar-refractivity contribution in [2.75, 3.05) is 6.61 Å². The van der Waals surface area contributed by atoms with Gasteiger partial charge in [0.25, 0.3) is 0 Å². The molecule has 0 bridgehead atoms. The lowest BCUT2D eigenvalue weighted by molar-refractivity contribution is -0.125. The van der Waals surface area contributed by atoms with Gasteiger partial charge in [0.15, 0.2) is 0 Å². The van der Waals surface area contributed by atoms with Crippen molar-refractivity contribution in [2.45, 2.75) is 65.8 Å². The van der Waals surface area contributed by atoms with E-state index in [1.54, 1.807) is 0 Å². The lowest BCUT2D eigenvalue weighted by Gasteiger charge is -2.53. The maximum absolute atomic E-state index is 6.01. The molecule has 114 valence electrons. The number of nitrogens with zero attached hydrogens (tertiary/aromatic N) is 2. The Morgan fingerprint density at radius 3 is 2.70 bits per heavy atom. The molecule has 1 heterocycles. The van der Waals surface area contributed by atoms with Crippen molar-refractivity contribution in [3.63, 3.8) is 0 Å². The molecule has 0 saturated heterocycles. The third-order valence-electron chi connectivity index (χ3n) is 4.31. The first-order chi connectivity index (χ1) is 9.39. The van der Waals surface area contributed by atoms with Gasteiger partial charge in [-0.25, -0.2) is 0 Å². The second-order valence-electron chi connectivity index (χ2n) is 7.12. The van der Waals surface area contributed by atoms with Crippen LogP contribution in [0.25, 0.3) is 0 Å². The normalized spacial score (nSPS) is 26.5. The Kier molecular flexibility index (Phi) is 4.86. The molecule has 1 aromatic rings. The van der Waals surface area contributed by atoms with Crippen LogP contribution in [0.4, 0.5) is 0 Å². The third kappa shape index (κ3) is 3.61. The number of hydrogen-bond donors (Lipinski definition) is 1. The molecule has 1 saturated carbocycles. The Balaban J connectivity index is 1.77. The van der Waals surface area contributed by atoms with Gasteiger partial charge in [0.2, 0.25) is 0 Å². The van der Waals surface area contributed by atoms with E-state index in [-0.39, 0.29) is 5.41 Å². The highest BCUT2D eigenvalue weighted by Crippen LogP contribution is 2.43. The average Bonchev–Trinajstić information content (AvgIpc) is 2.85. The van der Waals surface area contributed by atoms with Crippen molar-refractivity contribution in [2.24, 2.45) is 11.3 Å². The van der Waals surface area contributed by atoms with Crippen molar-refractivity contribution < 1.29 is 4.74 Å². The van der Waals surface area contributed by atoms with E-state index in [1.165, 1.54) is 0 Å². The van der Waals surface area contributed by atoms with Crippen molar-refractivity contribution in [1.29, 1.82) is 0 Å². The van der Waals surface area contributed by atoms with Gasteiger partial charge in [-0.05, 0) is 25.3 Å². The first kappa shape index (κ1) is 15.5. The predicted octanol–water partition coefficient (Wildman–Crippen LogP) is 2.70. The minimum Gasteiger partial charge on any atom is -0.377 e. The fourth-order valence-electron chi connectivity index (χ4n) is 2.84. The molecular weight excluding hydrogens is 250 g/mol. The molecule has 1 aromatic heterocycles. The van der Waals surface area contributed by atoms with Gasteiger partial charge in [-0.3, -0.25) is 4.68 Å². The van der Waals surface area contributed by atoms with Gasteiger partial charge in [-0.2, -0.15) is 5.10 Å². The summed E-state index contributed by atoms with van der Waals surface area (Å²) >= 11 is 0. The highest BCUT2D eigenvalue weighted by atomic mass is 16.5. The number of ether oxygens (including phenoxy) is 1. The number of nitrogens with one attached hydrogen (secondary N) is 1. The maximum Gasteiger partial charge on any atom is 0.0656 e. The molecule has 20 heavy (non-hydrogen) atoms. The van der Waals surface area contributed by atoms with Crippen molar-refractivity contribution in [1.82, 2.24) is 15.1 Å². The van der Waals surface area contributed by atoms with E-state index in [1.807, 2.05) is 23.1 Å². The van der Waals surface area contributed by atoms with Crippen molar-refractivity contribution >= 4 is 0 Å². The zero-order valence-electron chi connectivity index (χ0n) is 13.5. The van der Waals surface area contributed by atoms with Crippen LogP contribution < -0.4 is 5.32 Å². The Morgan fingerprint density at radius 2 is 2.15 bits per heavy atom. The summed E-state index contributed by atoms with van der Waals surface area (Å²) in [4.78, 5) is 0. The Morgan fingerprint density at radius 1 is 1.40 bits per heavy atom. The van der Waals surface area contributed by atoms with Gasteiger partial charge < -0.3 is 10.1 Å². The van der Waals surface area contributed by atoms with Gasteiger partial charge in [0.1, 0.15) is 0 Å². The van der Waals surface area contributed by atoms with E-state index in [2.05, 4.69) is 45.0 Å². The standard InChI is InChI=1S/C16H29N3O/c1-12(2)11-20-15-9-14(16(15,4)5)18-13(3)10-19-8-6-7-17-19/h6-8,12-15,18H,9-11H2,1-5H3. The smallest absolute Gasteiger partial charge is 0.0656 e. The summed E-state index contributed by atoms with van der Waals surface area (Å²) in [7, 11) is 0. The number of hydrogen-bond acceptors (Lipinski definition) is 3. The van der Waals surface area contributed by atoms with Gasteiger partial charge in [-0.15, -0.1) is 0 Å². The molecule has 0 amide bonds. The fraction of sp³-hybridized carbons (Fsp3) is 0.812. The summed E-state index contributed by atoms with van der Waals surface area (Å²) in [5.41, 5.74) is 0.216. The predicted molar refractivity (Wildman–Crippen MR) is 81.6 cm³/mol. The van der Waals surface area contributed by atoms with Crippen LogP contribution in [0.3, 0.4) is 0 Å². The van der Waals surface area contributed by atoms with Crippen LogP contribution in [0.1, 0.15) is 41.0 Å². The van der Waals surface area contributed by atoms with Crippen LogP contribution >= 0.6 is 0 Å². The molecule has 0 aromatic carbocycles. The zero-order valence-corrected chi connectivity index (χ0v) is 13.5. The molecule has 0 aliphatic heterocycles. The van der Waals surface area contributed by atoms with Crippen LogP contribution in [-0.4, -0.2) is 34.6 Å². The van der Waals surface area contributed by atoms with E-state index in [0.29, 0.717) is 24.1 Å². The van der Waals surface area contributed by atoms with Crippen LogP contribution in [0.5, 0.6) is 0 Å². The first-order valence-corrected chi connectivity index (χ1v) is 7.74. The molecule has 4 nitrogen and oxygen atoms in total. The molecule has 1 N–H and O–H groups in total. The Hall–Kier alpha value is -0.870. The summed E-state index contributed by atoms with van der Waals surface area (Å²) in [6.45, 7) is 13.0. The molecule has 3 unspecified atom stereocenters. The third-order valence-corrected chi connectivity index (χ3v) is 4.31. The average molecular weight is 279 g/mol. The highest BCUT2D eigenvalue weighted by Gasteiger charge is 2.49. The fourth-order valence-corrected chi connectivity index (χ4v) is 2.84. The monoisotopic (exact) mass is 279 g/mol. The second-order valence-corrected chi connectivity index (χ2v) is 7.12. The van der Waals surface area contributed by atoms with Crippen LogP contribution in [0.15, 0.2) is 18.5 Å². The highest BCUT2D eigenvalue weighted by molar-refractivity contribution is 5.03. The van der Waals surface area contributed by atoms with Gasteiger partial charge in [0.05, 0.1) is 12.6 Å². The Labute approximate surface area is 122 Å². The molecule has 0 spiro atoms. The quantitative estimate of drug-likeness (QED) is 0.834. The lowest BCUT2D eigenvalue weighted by atomic mass is 9.64. The van der Waals surface area contributed by atoms with Crippen LogP contribution in [-0.2, 0) is 11.3 Å². The zero-order chi connectivity index (χ0) is 14.8. The SMILES string of the molecule is CC(C)COC1CC(NC(C)Cn2cccn2)C1(C)C. The molecule has 4 heteroatoms. The minimum absolute atomic E-state index is 0.216. The van der Waals surface area contributed by atoms with E-state index >= 15 is 0 Å². The summed E-state index contributed by atoms with van der Waals surface area (Å²) in [6, 6.07) is 2.92.